The molecule has 2 rings (SSSR count). The third-order valence-electron chi connectivity index (χ3n) is 4.72. The number of fused-ring (bicyclic) bond motifs is 1. The van der Waals surface area contributed by atoms with Crippen LogP contribution in [0.5, 0.6) is 0 Å². The zero-order valence-corrected chi connectivity index (χ0v) is 10.3. The molecule has 0 heterocycles. The molecule has 2 aliphatic carbocycles. The van der Waals surface area contributed by atoms with Gasteiger partial charge in [0.25, 0.3) is 0 Å². The molecule has 0 aromatic rings. The number of hydrogen-bond donors (Lipinski definition) is 1. The van der Waals surface area contributed by atoms with Crippen LogP contribution in [0.4, 0.5) is 0 Å². The monoisotopic (exact) mass is 221 g/mol. The first-order valence-electron chi connectivity index (χ1n) is 6.78. The fourth-order valence-corrected chi connectivity index (χ4v) is 3.85. The van der Waals surface area contributed by atoms with Gasteiger partial charge in [-0.3, -0.25) is 0 Å². The number of rotatable bonds is 2. The Hall–Kier alpha value is -0.550. The Morgan fingerprint density at radius 1 is 1.31 bits per heavy atom. The van der Waals surface area contributed by atoms with Crippen molar-refractivity contribution in [2.75, 3.05) is 0 Å². The molecule has 0 amide bonds. The van der Waals surface area contributed by atoms with Crippen LogP contribution in [-0.4, -0.2) is 11.2 Å². The van der Waals surface area contributed by atoms with E-state index < -0.39 is 0 Å². The van der Waals surface area contributed by atoms with Gasteiger partial charge in [-0.05, 0) is 56.8 Å². The molecule has 2 fully saturated rings. The topological polar surface area (TPSA) is 44.0 Å². The summed E-state index contributed by atoms with van der Waals surface area (Å²) in [7, 11) is 0. The normalized spacial score (nSPS) is 43.4. The van der Waals surface area contributed by atoms with Gasteiger partial charge >= 0.3 is 0 Å². The lowest BCUT2D eigenvalue weighted by molar-refractivity contribution is 0.0188. The summed E-state index contributed by atoms with van der Waals surface area (Å²) in [6.07, 6.45) is 8.51. The van der Waals surface area contributed by atoms with Gasteiger partial charge < -0.3 is 5.11 Å². The molecule has 2 heteroatoms. The minimum Gasteiger partial charge on any atom is -0.393 e. The predicted molar refractivity (Wildman–Crippen MR) is 63.6 cm³/mol. The molecular formula is C14H23NO. The minimum atomic E-state index is -0.0676. The molecule has 0 spiro atoms. The number of nitrogens with zero attached hydrogens (tertiary/aromatic N) is 1. The van der Waals surface area contributed by atoms with Gasteiger partial charge in [0.05, 0.1) is 17.6 Å². The summed E-state index contributed by atoms with van der Waals surface area (Å²) in [6, 6.07) is 2.60. The van der Waals surface area contributed by atoms with Gasteiger partial charge in [-0.2, -0.15) is 5.26 Å². The molecule has 0 aromatic carbocycles. The fourth-order valence-electron chi connectivity index (χ4n) is 3.85. The van der Waals surface area contributed by atoms with E-state index in [-0.39, 0.29) is 11.5 Å². The van der Waals surface area contributed by atoms with E-state index in [4.69, 9.17) is 0 Å². The van der Waals surface area contributed by atoms with E-state index >= 15 is 0 Å². The highest BCUT2D eigenvalue weighted by atomic mass is 16.3. The first kappa shape index (κ1) is 11.9. The summed E-state index contributed by atoms with van der Waals surface area (Å²) in [5.74, 6) is 1.41. The second-order valence-corrected chi connectivity index (χ2v) is 5.87. The molecule has 2 saturated carbocycles. The summed E-state index contributed by atoms with van der Waals surface area (Å²) in [5.41, 5.74) is -0.0296. The molecule has 4 unspecified atom stereocenters. The molecule has 0 saturated heterocycles. The van der Waals surface area contributed by atoms with Crippen LogP contribution >= 0.6 is 0 Å². The second kappa shape index (κ2) is 4.75. The van der Waals surface area contributed by atoms with Crippen molar-refractivity contribution in [2.24, 2.45) is 17.3 Å². The average Bonchev–Trinajstić information content (AvgIpc) is 2.30. The van der Waals surface area contributed by atoms with Gasteiger partial charge in [-0.1, -0.05) is 13.3 Å². The lowest BCUT2D eigenvalue weighted by Gasteiger charge is -2.44. The Morgan fingerprint density at radius 2 is 2.12 bits per heavy atom. The van der Waals surface area contributed by atoms with Gasteiger partial charge in [0.2, 0.25) is 0 Å². The highest BCUT2D eigenvalue weighted by molar-refractivity contribution is 5.04. The molecule has 0 radical (unpaired) electrons. The van der Waals surface area contributed by atoms with Crippen LogP contribution in [0.25, 0.3) is 0 Å². The Labute approximate surface area is 98.7 Å². The average molecular weight is 221 g/mol. The largest absolute Gasteiger partial charge is 0.393 e. The van der Waals surface area contributed by atoms with Crippen molar-refractivity contribution in [2.45, 2.75) is 64.4 Å². The van der Waals surface area contributed by atoms with E-state index in [0.29, 0.717) is 11.8 Å². The maximum absolute atomic E-state index is 9.67. The van der Waals surface area contributed by atoms with Crippen molar-refractivity contribution < 1.29 is 5.11 Å². The van der Waals surface area contributed by atoms with Crippen molar-refractivity contribution >= 4 is 0 Å². The third-order valence-corrected chi connectivity index (χ3v) is 4.72. The van der Waals surface area contributed by atoms with Crippen LogP contribution in [0.1, 0.15) is 58.3 Å². The van der Waals surface area contributed by atoms with E-state index in [1.807, 2.05) is 0 Å². The maximum atomic E-state index is 9.67. The molecule has 0 aliphatic heterocycles. The standard InChI is InChI=1S/C14H23NO/c1-2-6-14(10-15)7-5-11-8-13(16)4-3-12(11)9-14/h11-13,16H,2-9H2,1H3. The number of nitriles is 1. The zero-order chi connectivity index (χ0) is 11.6. The summed E-state index contributed by atoms with van der Waals surface area (Å²) in [5, 5.41) is 19.1. The van der Waals surface area contributed by atoms with Gasteiger partial charge in [0.15, 0.2) is 0 Å². The van der Waals surface area contributed by atoms with Gasteiger partial charge in [-0.15, -0.1) is 0 Å². The zero-order valence-electron chi connectivity index (χ0n) is 10.3. The van der Waals surface area contributed by atoms with Crippen molar-refractivity contribution in [3.05, 3.63) is 0 Å². The molecule has 90 valence electrons. The van der Waals surface area contributed by atoms with Gasteiger partial charge in [-0.25, -0.2) is 0 Å². The van der Waals surface area contributed by atoms with E-state index in [2.05, 4.69) is 13.0 Å². The Kier molecular flexibility index (Phi) is 3.54. The molecule has 2 nitrogen and oxygen atoms in total. The molecule has 0 aromatic heterocycles. The second-order valence-electron chi connectivity index (χ2n) is 5.87. The van der Waals surface area contributed by atoms with E-state index in [1.165, 1.54) is 0 Å². The van der Waals surface area contributed by atoms with E-state index in [0.717, 1.165) is 51.4 Å². The number of hydrogen-bond acceptors (Lipinski definition) is 2. The maximum Gasteiger partial charge on any atom is 0.0689 e. The molecular weight excluding hydrogens is 198 g/mol. The molecule has 16 heavy (non-hydrogen) atoms. The first-order valence-corrected chi connectivity index (χ1v) is 6.78. The first-order chi connectivity index (χ1) is 7.69. The van der Waals surface area contributed by atoms with Crippen LogP contribution in [-0.2, 0) is 0 Å². The molecule has 0 bridgehead atoms. The highest BCUT2D eigenvalue weighted by Gasteiger charge is 2.42. The SMILES string of the molecule is CCCC1(C#N)CCC2CC(O)CCC2C1. The molecule has 1 N–H and O–H groups in total. The minimum absolute atomic E-state index is 0.0296. The predicted octanol–water partition coefficient (Wildman–Crippen LogP) is 3.26. The Morgan fingerprint density at radius 3 is 2.81 bits per heavy atom. The van der Waals surface area contributed by atoms with E-state index in [1.54, 1.807) is 0 Å². The van der Waals surface area contributed by atoms with Crippen LogP contribution in [0.3, 0.4) is 0 Å². The quantitative estimate of drug-likeness (QED) is 0.777. The van der Waals surface area contributed by atoms with Crippen molar-refractivity contribution in [3.63, 3.8) is 0 Å². The summed E-state index contributed by atoms with van der Waals surface area (Å²) in [4.78, 5) is 0. The lowest BCUT2D eigenvalue weighted by atomic mass is 9.60. The summed E-state index contributed by atoms with van der Waals surface area (Å²) >= 11 is 0. The van der Waals surface area contributed by atoms with Gasteiger partial charge in [0.1, 0.15) is 0 Å². The molecule has 2 aliphatic rings. The summed E-state index contributed by atoms with van der Waals surface area (Å²) in [6.45, 7) is 2.18. The van der Waals surface area contributed by atoms with Crippen LogP contribution in [0.15, 0.2) is 0 Å². The number of aliphatic hydroxyl groups excluding tert-OH is 1. The van der Waals surface area contributed by atoms with Crippen LogP contribution in [0.2, 0.25) is 0 Å². The lowest BCUT2D eigenvalue weighted by Crippen LogP contribution is -2.37. The van der Waals surface area contributed by atoms with Crippen LogP contribution < -0.4 is 0 Å². The fraction of sp³-hybridized carbons (Fsp3) is 0.929. The third kappa shape index (κ3) is 2.25. The number of aliphatic hydroxyl groups is 1. The van der Waals surface area contributed by atoms with Crippen molar-refractivity contribution in [3.8, 4) is 6.07 Å². The van der Waals surface area contributed by atoms with Crippen molar-refractivity contribution in [1.82, 2.24) is 0 Å². The Balaban J connectivity index is 2.02. The van der Waals surface area contributed by atoms with Crippen molar-refractivity contribution in [1.29, 1.82) is 5.26 Å². The molecule has 4 atom stereocenters. The van der Waals surface area contributed by atoms with E-state index in [9.17, 15) is 10.4 Å². The smallest absolute Gasteiger partial charge is 0.0689 e. The summed E-state index contributed by atoms with van der Waals surface area (Å²) < 4.78 is 0. The van der Waals surface area contributed by atoms with Crippen LogP contribution in [0, 0.1) is 28.6 Å². The Bertz CT molecular complexity index is 283. The highest BCUT2D eigenvalue weighted by Crippen LogP contribution is 2.49. The van der Waals surface area contributed by atoms with Gasteiger partial charge in [0, 0.05) is 0 Å².